The molecule has 0 radical (unpaired) electrons. The third kappa shape index (κ3) is 5.85. The van der Waals surface area contributed by atoms with E-state index in [2.05, 4.69) is 20.8 Å². The lowest BCUT2D eigenvalue weighted by molar-refractivity contribution is -0.137. The van der Waals surface area contributed by atoms with E-state index in [0.717, 1.165) is 12.1 Å². The Morgan fingerprint density at radius 3 is 2.56 bits per heavy atom. The van der Waals surface area contributed by atoms with Crippen LogP contribution in [0.5, 0.6) is 0 Å². The van der Waals surface area contributed by atoms with Crippen LogP contribution in [0.3, 0.4) is 0 Å². The fraction of sp³-hybridized carbons (Fsp3) is 0.471. The van der Waals surface area contributed by atoms with Gasteiger partial charge in [0.25, 0.3) is 0 Å². The van der Waals surface area contributed by atoms with Gasteiger partial charge in [0, 0.05) is 13.0 Å². The molecule has 1 aromatic carbocycles. The van der Waals surface area contributed by atoms with E-state index in [1.54, 1.807) is 6.92 Å². The zero-order chi connectivity index (χ0) is 20.2. The smallest absolute Gasteiger partial charge is 0.372 e. The predicted octanol–water partition coefficient (Wildman–Crippen LogP) is 3.85. The number of halogens is 4. The molecule has 0 bridgehead atoms. The van der Waals surface area contributed by atoms with Gasteiger partial charge in [0.1, 0.15) is 6.04 Å². The average Bonchev–Trinajstić information content (AvgIpc) is 2.97. The van der Waals surface area contributed by atoms with Crippen LogP contribution in [0.25, 0.3) is 0 Å². The SMILES string of the molecule is Cc1noc(CCNC(=O)[C@@H](Nc2ccc(C(F)(F)F)cc2Cl)C(C)C)n1. The molecule has 0 aliphatic carbocycles. The standard InChI is InChI=1S/C17H20ClF3N4O2/c1-9(2)15(16(26)22-7-6-14-23-10(3)25-27-14)24-13-5-4-11(8-12(13)18)17(19,20)21/h4-5,8-9,15,24H,6-7H2,1-3H3,(H,22,26)/t15-/m0/s1. The summed E-state index contributed by atoms with van der Waals surface area (Å²) < 4.78 is 43.2. The van der Waals surface area contributed by atoms with Gasteiger partial charge in [-0.15, -0.1) is 0 Å². The van der Waals surface area contributed by atoms with Crippen LogP contribution in [0.2, 0.25) is 5.02 Å². The van der Waals surface area contributed by atoms with Crippen LogP contribution in [-0.4, -0.2) is 28.6 Å². The number of amides is 1. The third-order valence-corrected chi connectivity index (χ3v) is 4.08. The molecule has 27 heavy (non-hydrogen) atoms. The summed E-state index contributed by atoms with van der Waals surface area (Å²) in [5.41, 5.74) is -0.593. The van der Waals surface area contributed by atoms with Crippen LogP contribution in [0.15, 0.2) is 22.7 Å². The first-order chi connectivity index (χ1) is 12.6. The Kier molecular flexibility index (Phi) is 6.69. The first-order valence-electron chi connectivity index (χ1n) is 8.28. The first kappa shape index (κ1) is 21.0. The van der Waals surface area contributed by atoms with Crippen molar-refractivity contribution in [3.05, 3.63) is 40.5 Å². The zero-order valence-corrected chi connectivity index (χ0v) is 15.8. The topological polar surface area (TPSA) is 80.0 Å². The molecule has 1 atom stereocenters. The Morgan fingerprint density at radius 2 is 2.04 bits per heavy atom. The molecule has 1 aromatic heterocycles. The summed E-state index contributed by atoms with van der Waals surface area (Å²) in [5, 5.41) is 9.21. The lowest BCUT2D eigenvalue weighted by Crippen LogP contribution is -2.43. The van der Waals surface area contributed by atoms with E-state index in [1.807, 2.05) is 13.8 Å². The van der Waals surface area contributed by atoms with Crippen LogP contribution < -0.4 is 10.6 Å². The molecule has 0 fully saturated rings. The van der Waals surface area contributed by atoms with Crippen LogP contribution in [0, 0.1) is 12.8 Å². The summed E-state index contributed by atoms with van der Waals surface area (Å²) >= 11 is 5.95. The van der Waals surface area contributed by atoms with Crippen LogP contribution in [0.4, 0.5) is 18.9 Å². The molecule has 0 unspecified atom stereocenters. The van der Waals surface area contributed by atoms with E-state index in [1.165, 1.54) is 6.07 Å². The Balaban J connectivity index is 2.01. The van der Waals surface area contributed by atoms with Crippen molar-refractivity contribution in [1.82, 2.24) is 15.5 Å². The molecule has 148 valence electrons. The lowest BCUT2D eigenvalue weighted by atomic mass is 10.0. The van der Waals surface area contributed by atoms with Crippen molar-refractivity contribution in [2.45, 2.75) is 39.4 Å². The summed E-state index contributed by atoms with van der Waals surface area (Å²) in [6.45, 7) is 5.61. The Bertz CT molecular complexity index is 793. The number of carbonyl (C=O) groups excluding carboxylic acids is 1. The zero-order valence-electron chi connectivity index (χ0n) is 15.0. The van der Waals surface area contributed by atoms with Crippen molar-refractivity contribution in [2.24, 2.45) is 5.92 Å². The minimum absolute atomic E-state index is 0.107. The maximum Gasteiger partial charge on any atom is 0.416 e. The molecule has 0 spiro atoms. The highest BCUT2D eigenvalue weighted by atomic mass is 35.5. The summed E-state index contributed by atoms with van der Waals surface area (Å²) in [6, 6.07) is 2.29. The maximum absolute atomic E-state index is 12.7. The van der Waals surface area contributed by atoms with Crippen molar-refractivity contribution in [1.29, 1.82) is 0 Å². The number of hydrogen-bond acceptors (Lipinski definition) is 5. The van der Waals surface area contributed by atoms with Gasteiger partial charge >= 0.3 is 6.18 Å². The van der Waals surface area contributed by atoms with Gasteiger partial charge < -0.3 is 15.2 Å². The van der Waals surface area contributed by atoms with Crippen LogP contribution >= 0.6 is 11.6 Å². The van der Waals surface area contributed by atoms with Gasteiger partial charge in [0.15, 0.2) is 5.82 Å². The number of benzene rings is 1. The number of alkyl halides is 3. The highest BCUT2D eigenvalue weighted by Crippen LogP contribution is 2.34. The predicted molar refractivity (Wildman–Crippen MR) is 94.5 cm³/mol. The molecule has 6 nitrogen and oxygen atoms in total. The molecular formula is C17H20ClF3N4O2. The van der Waals surface area contributed by atoms with E-state index in [0.29, 0.717) is 18.1 Å². The second-order valence-electron chi connectivity index (χ2n) is 6.33. The van der Waals surface area contributed by atoms with E-state index >= 15 is 0 Å². The van der Waals surface area contributed by atoms with Crippen molar-refractivity contribution >= 4 is 23.2 Å². The van der Waals surface area contributed by atoms with Gasteiger partial charge in [0.2, 0.25) is 11.8 Å². The number of anilines is 1. The highest BCUT2D eigenvalue weighted by molar-refractivity contribution is 6.33. The van der Waals surface area contributed by atoms with Crippen molar-refractivity contribution in [2.75, 3.05) is 11.9 Å². The third-order valence-electron chi connectivity index (χ3n) is 3.76. The number of nitrogens with one attached hydrogen (secondary N) is 2. The number of rotatable bonds is 7. The molecule has 1 amide bonds. The van der Waals surface area contributed by atoms with Crippen molar-refractivity contribution in [3.8, 4) is 0 Å². The van der Waals surface area contributed by atoms with Gasteiger partial charge in [-0.05, 0) is 31.0 Å². The quantitative estimate of drug-likeness (QED) is 0.732. The number of nitrogens with zero attached hydrogens (tertiary/aromatic N) is 2. The Morgan fingerprint density at radius 1 is 1.33 bits per heavy atom. The molecule has 2 aromatic rings. The lowest BCUT2D eigenvalue weighted by Gasteiger charge is -2.23. The second-order valence-corrected chi connectivity index (χ2v) is 6.74. The van der Waals surface area contributed by atoms with Gasteiger partial charge in [-0.1, -0.05) is 30.6 Å². The monoisotopic (exact) mass is 404 g/mol. The van der Waals surface area contributed by atoms with Gasteiger partial charge in [-0.25, -0.2) is 0 Å². The molecule has 0 saturated heterocycles. The number of carbonyl (C=O) groups is 1. The molecule has 2 N–H and O–H groups in total. The first-order valence-corrected chi connectivity index (χ1v) is 8.66. The second kappa shape index (κ2) is 8.60. The Hall–Kier alpha value is -2.29. The largest absolute Gasteiger partial charge is 0.416 e. The normalized spacial score (nSPS) is 12.9. The van der Waals surface area contributed by atoms with Gasteiger partial charge in [-0.2, -0.15) is 18.2 Å². The van der Waals surface area contributed by atoms with Gasteiger partial charge in [0.05, 0.1) is 16.3 Å². The molecule has 1 heterocycles. The molecule has 0 aliphatic rings. The van der Waals surface area contributed by atoms with E-state index in [-0.39, 0.29) is 29.1 Å². The minimum atomic E-state index is -4.48. The molecule has 0 aliphatic heterocycles. The summed E-state index contributed by atoms with van der Waals surface area (Å²) in [4.78, 5) is 16.5. The molecule has 0 saturated carbocycles. The molecular weight excluding hydrogens is 385 g/mol. The van der Waals surface area contributed by atoms with E-state index in [4.69, 9.17) is 16.1 Å². The number of aryl methyl sites for hydroxylation is 1. The number of hydrogen-bond donors (Lipinski definition) is 2. The van der Waals surface area contributed by atoms with Crippen LogP contribution in [-0.2, 0) is 17.4 Å². The maximum atomic E-state index is 12.7. The fourth-order valence-electron chi connectivity index (χ4n) is 2.36. The summed E-state index contributed by atoms with van der Waals surface area (Å²) in [6.07, 6.45) is -4.11. The summed E-state index contributed by atoms with van der Waals surface area (Å²) in [7, 11) is 0. The highest BCUT2D eigenvalue weighted by Gasteiger charge is 2.31. The van der Waals surface area contributed by atoms with E-state index < -0.39 is 17.8 Å². The average molecular weight is 405 g/mol. The van der Waals surface area contributed by atoms with Crippen molar-refractivity contribution in [3.63, 3.8) is 0 Å². The molecule has 2 rings (SSSR count). The van der Waals surface area contributed by atoms with Crippen molar-refractivity contribution < 1.29 is 22.5 Å². The minimum Gasteiger partial charge on any atom is -0.372 e. The van der Waals surface area contributed by atoms with Crippen LogP contribution in [0.1, 0.15) is 31.1 Å². The van der Waals surface area contributed by atoms with Gasteiger partial charge in [-0.3, -0.25) is 4.79 Å². The molecule has 10 heteroatoms. The fourth-order valence-corrected chi connectivity index (χ4v) is 2.59. The Labute approximate surface area is 159 Å². The number of aromatic nitrogens is 2. The summed E-state index contributed by atoms with van der Waals surface area (Å²) in [5.74, 6) is 0.480. The van der Waals surface area contributed by atoms with E-state index in [9.17, 15) is 18.0 Å².